The summed E-state index contributed by atoms with van der Waals surface area (Å²) in [4.78, 5) is 24.0. The largest absolute Gasteiger partial charge is 0.356 e. The number of hydrogen-bond donors (Lipinski definition) is 2. The molecule has 4 heteroatoms. The Morgan fingerprint density at radius 1 is 1.00 bits per heavy atom. The van der Waals surface area contributed by atoms with Crippen molar-refractivity contribution in [3.8, 4) is 0 Å². The number of para-hydroxylation sites is 1. The molecular formula is C19H30N2O2. The lowest BCUT2D eigenvalue weighted by Gasteiger charge is -2.20. The normalized spacial score (nSPS) is 10.9. The number of benzene rings is 1. The zero-order chi connectivity index (χ0) is 17.4. The summed E-state index contributed by atoms with van der Waals surface area (Å²) >= 11 is 0. The van der Waals surface area contributed by atoms with Crippen molar-refractivity contribution in [1.29, 1.82) is 0 Å². The van der Waals surface area contributed by atoms with Crippen molar-refractivity contribution in [2.24, 2.45) is 0 Å². The van der Waals surface area contributed by atoms with Crippen LogP contribution in [0, 0.1) is 0 Å². The molecule has 0 spiro atoms. The molecule has 0 radical (unpaired) electrons. The molecule has 0 saturated carbocycles. The summed E-state index contributed by atoms with van der Waals surface area (Å²) in [5.74, 6) is 0.142. The van der Waals surface area contributed by atoms with Gasteiger partial charge in [0.1, 0.15) is 6.42 Å². The van der Waals surface area contributed by atoms with Gasteiger partial charge in [0, 0.05) is 12.2 Å². The van der Waals surface area contributed by atoms with E-state index in [0.717, 1.165) is 29.7 Å². The molecule has 2 amide bonds. The summed E-state index contributed by atoms with van der Waals surface area (Å²) in [5.41, 5.74) is 3.08. The molecule has 1 aromatic rings. The Hall–Kier alpha value is -1.84. The van der Waals surface area contributed by atoms with Gasteiger partial charge in [-0.2, -0.15) is 0 Å². The van der Waals surface area contributed by atoms with Crippen LogP contribution in [0.5, 0.6) is 0 Å². The molecule has 2 N–H and O–H groups in total. The summed E-state index contributed by atoms with van der Waals surface area (Å²) in [7, 11) is 0. The van der Waals surface area contributed by atoms with Crippen LogP contribution < -0.4 is 10.6 Å². The van der Waals surface area contributed by atoms with Gasteiger partial charge in [0.15, 0.2) is 0 Å². The summed E-state index contributed by atoms with van der Waals surface area (Å²) < 4.78 is 0. The van der Waals surface area contributed by atoms with Gasteiger partial charge in [-0.3, -0.25) is 9.59 Å². The summed E-state index contributed by atoms with van der Waals surface area (Å²) in [6, 6.07) is 6.10. The highest BCUT2D eigenvalue weighted by atomic mass is 16.2. The van der Waals surface area contributed by atoms with Crippen molar-refractivity contribution in [1.82, 2.24) is 5.32 Å². The summed E-state index contributed by atoms with van der Waals surface area (Å²) in [6.07, 6.45) is 1.82. The van der Waals surface area contributed by atoms with E-state index in [-0.39, 0.29) is 18.2 Å². The molecule has 0 aliphatic carbocycles. The Bertz CT molecular complexity index is 510. The molecule has 23 heavy (non-hydrogen) atoms. The lowest BCUT2D eigenvalue weighted by Crippen LogP contribution is -2.29. The highest BCUT2D eigenvalue weighted by Gasteiger charge is 2.17. The van der Waals surface area contributed by atoms with Gasteiger partial charge < -0.3 is 10.6 Å². The molecule has 0 unspecified atom stereocenters. The maximum Gasteiger partial charge on any atom is 0.233 e. The second-order valence-electron chi connectivity index (χ2n) is 6.55. The monoisotopic (exact) mass is 318 g/mol. The van der Waals surface area contributed by atoms with Gasteiger partial charge in [-0.25, -0.2) is 0 Å². The molecule has 0 heterocycles. The second kappa shape index (κ2) is 9.33. The van der Waals surface area contributed by atoms with Crippen molar-refractivity contribution >= 4 is 17.5 Å². The summed E-state index contributed by atoms with van der Waals surface area (Å²) in [5, 5.41) is 5.74. The van der Waals surface area contributed by atoms with Gasteiger partial charge in [0.25, 0.3) is 0 Å². The first-order chi connectivity index (χ1) is 10.9. The molecule has 1 aromatic carbocycles. The number of amides is 2. The molecule has 0 aliphatic heterocycles. The Morgan fingerprint density at radius 2 is 1.57 bits per heavy atom. The molecule has 1 rings (SSSR count). The minimum Gasteiger partial charge on any atom is -0.356 e. The van der Waals surface area contributed by atoms with Crippen LogP contribution in [0.25, 0.3) is 0 Å². The molecule has 0 aliphatic rings. The number of anilines is 1. The van der Waals surface area contributed by atoms with Gasteiger partial charge in [-0.15, -0.1) is 0 Å². The van der Waals surface area contributed by atoms with E-state index in [9.17, 15) is 9.59 Å². The average Bonchev–Trinajstić information content (AvgIpc) is 2.46. The minimum absolute atomic E-state index is 0.131. The Kier molecular flexibility index (Phi) is 7.79. The number of hydrogen-bond acceptors (Lipinski definition) is 2. The summed E-state index contributed by atoms with van der Waals surface area (Å²) in [6.45, 7) is 11.1. The number of nitrogens with one attached hydrogen (secondary N) is 2. The highest BCUT2D eigenvalue weighted by molar-refractivity contribution is 6.04. The SMILES string of the molecule is CCCCNC(=O)CC(=O)Nc1c(C(C)C)cccc1C(C)C. The number of carbonyl (C=O) groups excluding carboxylic acids is 2. The first-order valence-corrected chi connectivity index (χ1v) is 8.56. The van der Waals surface area contributed by atoms with E-state index >= 15 is 0 Å². The van der Waals surface area contributed by atoms with E-state index < -0.39 is 0 Å². The van der Waals surface area contributed by atoms with E-state index in [1.54, 1.807) is 0 Å². The predicted octanol–water partition coefficient (Wildman–Crippen LogP) is 4.18. The van der Waals surface area contributed by atoms with Gasteiger partial charge in [0.2, 0.25) is 11.8 Å². The number of carbonyl (C=O) groups is 2. The van der Waals surface area contributed by atoms with Gasteiger partial charge in [0.05, 0.1) is 0 Å². The van der Waals surface area contributed by atoms with E-state index in [0.29, 0.717) is 18.4 Å². The van der Waals surface area contributed by atoms with Crippen LogP contribution in [0.4, 0.5) is 5.69 Å². The Labute approximate surface area is 140 Å². The maximum atomic E-state index is 12.2. The van der Waals surface area contributed by atoms with Gasteiger partial charge in [-0.05, 0) is 29.4 Å². The maximum absolute atomic E-state index is 12.2. The fourth-order valence-electron chi connectivity index (χ4n) is 2.49. The average molecular weight is 318 g/mol. The topological polar surface area (TPSA) is 58.2 Å². The molecule has 0 fully saturated rings. The Morgan fingerprint density at radius 3 is 2.04 bits per heavy atom. The third kappa shape index (κ3) is 6.05. The van der Waals surface area contributed by atoms with E-state index in [1.807, 2.05) is 18.2 Å². The van der Waals surface area contributed by atoms with Crippen molar-refractivity contribution in [3.63, 3.8) is 0 Å². The van der Waals surface area contributed by atoms with Gasteiger partial charge >= 0.3 is 0 Å². The van der Waals surface area contributed by atoms with Crippen molar-refractivity contribution < 1.29 is 9.59 Å². The van der Waals surface area contributed by atoms with Crippen LogP contribution in [-0.2, 0) is 9.59 Å². The molecule has 0 bridgehead atoms. The highest BCUT2D eigenvalue weighted by Crippen LogP contribution is 2.32. The molecule has 4 nitrogen and oxygen atoms in total. The third-order valence-corrected chi connectivity index (χ3v) is 3.81. The molecule has 0 saturated heterocycles. The lowest BCUT2D eigenvalue weighted by atomic mass is 9.92. The quantitative estimate of drug-likeness (QED) is 0.558. The van der Waals surface area contributed by atoms with E-state index in [2.05, 4.69) is 45.3 Å². The smallest absolute Gasteiger partial charge is 0.233 e. The molecule has 0 aromatic heterocycles. The fourth-order valence-corrected chi connectivity index (χ4v) is 2.49. The van der Waals surface area contributed by atoms with E-state index in [1.165, 1.54) is 0 Å². The zero-order valence-corrected chi connectivity index (χ0v) is 15.0. The van der Waals surface area contributed by atoms with Crippen molar-refractivity contribution in [2.45, 2.75) is 65.7 Å². The first kappa shape index (κ1) is 19.2. The van der Waals surface area contributed by atoms with Crippen LogP contribution in [0.3, 0.4) is 0 Å². The van der Waals surface area contributed by atoms with Crippen molar-refractivity contribution in [2.75, 3.05) is 11.9 Å². The standard InChI is InChI=1S/C19H30N2O2/c1-6-7-11-20-17(22)12-18(23)21-19-15(13(2)3)9-8-10-16(19)14(4)5/h8-10,13-14H,6-7,11-12H2,1-5H3,(H,20,22)(H,21,23). The van der Waals surface area contributed by atoms with Crippen LogP contribution in [0.2, 0.25) is 0 Å². The van der Waals surface area contributed by atoms with Crippen molar-refractivity contribution in [3.05, 3.63) is 29.3 Å². The first-order valence-electron chi connectivity index (χ1n) is 8.56. The van der Waals surface area contributed by atoms with Crippen LogP contribution in [-0.4, -0.2) is 18.4 Å². The van der Waals surface area contributed by atoms with Crippen LogP contribution in [0.15, 0.2) is 18.2 Å². The molecular weight excluding hydrogens is 288 g/mol. The predicted molar refractivity (Wildman–Crippen MR) is 95.8 cm³/mol. The van der Waals surface area contributed by atoms with Crippen LogP contribution >= 0.6 is 0 Å². The van der Waals surface area contributed by atoms with Gasteiger partial charge in [-0.1, -0.05) is 59.2 Å². The third-order valence-electron chi connectivity index (χ3n) is 3.81. The van der Waals surface area contributed by atoms with Crippen LogP contribution in [0.1, 0.15) is 76.8 Å². The lowest BCUT2D eigenvalue weighted by molar-refractivity contribution is -0.126. The second-order valence-corrected chi connectivity index (χ2v) is 6.55. The number of unbranched alkanes of at least 4 members (excludes halogenated alkanes) is 1. The molecule has 0 atom stereocenters. The zero-order valence-electron chi connectivity index (χ0n) is 15.0. The minimum atomic E-state index is -0.256. The van der Waals surface area contributed by atoms with E-state index in [4.69, 9.17) is 0 Å². The fraction of sp³-hybridized carbons (Fsp3) is 0.579. The molecule has 128 valence electrons. The Balaban J connectivity index is 2.82. The number of rotatable bonds is 8.